The zero-order valence-corrected chi connectivity index (χ0v) is 19.9. The van der Waals surface area contributed by atoms with Gasteiger partial charge < -0.3 is 9.84 Å². The normalized spacial score (nSPS) is 23.5. The zero-order chi connectivity index (χ0) is 26.3. The summed E-state index contributed by atoms with van der Waals surface area (Å²) < 4.78 is 86.6. The van der Waals surface area contributed by atoms with Gasteiger partial charge in [-0.05, 0) is 87.0 Å². The van der Waals surface area contributed by atoms with E-state index in [1.165, 1.54) is 12.1 Å². The van der Waals surface area contributed by atoms with Gasteiger partial charge in [0.05, 0.1) is 17.4 Å². The van der Waals surface area contributed by atoms with E-state index in [-0.39, 0.29) is 36.8 Å². The smallest absolute Gasteiger partial charge is 0.420 e. The van der Waals surface area contributed by atoms with Gasteiger partial charge in [-0.1, -0.05) is 18.2 Å². The first kappa shape index (κ1) is 26.6. The third-order valence-electron chi connectivity index (χ3n) is 7.64. The maximum atomic E-state index is 14.1. The largest absolute Gasteiger partial charge is 0.490 e. The number of piperidine rings is 1. The molecule has 0 radical (unpaired) electrons. The van der Waals surface area contributed by atoms with E-state index >= 15 is 0 Å². The Morgan fingerprint density at radius 1 is 1.03 bits per heavy atom. The summed E-state index contributed by atoms with van der Waals surface area (Å²) in [5.74, 6) is -2.62. The third-order valence-corrected chi connectivity index (χ3v) is 7.64. The van der Waals surface area contributed by atoms with Gasteiger partial charge in [0, 0.05) is 6.54 Å². The number of benzene rings is 2. The summed E-state index contributed by atoms with van der Waals surface area (Å²) in [5, 5.41) is 9.75. The highest BCUT2D eigenvalue weighted by Gasteiger charge is 2.43. The topological polar surface area (TPSA) is 49.8 Å². The van der Waals surface area contributed by atoms with E-state index in [1.807, 2.05) is 0 Å². The molecule has 2 aliphatic rings. The highest BCUT2D eigenvalue weighted by Crippen LogP contribution is 2.44. The highest BCUT2D eigenvalue weighted by atomic mass is 19.4. The van der Waals surface area contributed by atoms with E-state index < -0.39 is 41.3 Å². The number of aliphatic carboxylic acids is 1. The van der Waals surface area contributed by atoms with Crippen LogP contribution in [0.2, 0.25) is 0 Å². The van der Waals surface area contributed by atoms with Gasteiger partial charge in [0.1, 0.15) is 11.3 Å². The lowest BCUT2D eigenvalue weighted by molar-refractivity contribution is -0.185. The van der Waals surface area contributed by atoms with Gasteiger partial charge in [-0.3, -0.25) is 9.69 Å². The fourth-order valence-electron chi connectivity index (χ4n) is 5.21. The van der Waals surface area contributed by atoms with Crippen LogP contribution in [0.3, 0.4) is 0 Å². The molecular formula is C26H29F6NO3. The Morgan fingerprint density at radius 3 is 2.22 bits per heavy atom. The van der Waals surface area contributed by atoms with Crippen molar-refractivity contribution < 1.29 is 41.0 Å². The molecule has 2 aromatic carbocycles. The Kier molecular flexibility index (Phi) is 7.20. The molecule has 36 heavy (non-hydrogen) atoms. The van der Waals surface area contributed by atoms with Crippen LogP contribution in [0.5, 0.6) is 5.75 Å². The summed E-state index contributed by atoms with van der Waals surface area (Å²) in [6.07, 6.45) is -8.91. The first-order valence-electron chi connectivity index (χ1n) is 12.1. The number of alkyl halides is 6. The van der Waals surface area contributed by atoms with Crippen molar-refractivity contribution in [3.63, 3.8) is 0 Å². The Morgan fingerprint density at radius 2 is 1.67 bits per heavy atom. The van der Waals surface area contributed by atoms with E-state index in [4.69, 9.17) is 4.74 Å². The summed E-state index contributed by atoms with van der Waals surface area (Å²) in [7, 11) is 0. The van der Waals surface area contributed by atoms with Crippen molar-refractivity contribution in [2.75, 3.05) is 13.1 Å². The van der Waals surface area contributed by atoms with Crippen molar-refractivity contribution in [3.05, 3.63) is 41.5 Å². The molecule has 1 N–H and O–H groups in total. The van der Waals surface area contributed by atoms with Gasteiger partial charge in [0.25, 0.3) is 0 Å². The maximum absolute atomic E-state index is 14.1. The van der Waals surface area contributed by atoms with E-state index in [2.05, 4.69) is 4.90 Å². The summed E-state index contributed by atoms with van der Waals surface area (Å²) >= 11 is 0. The molecule has 1 saturated heterocycles. The molecule has 0 amide bonds. The predicted octanol–water partition coefficient (Wildman–Crippen LogP) is 7.05. The first-order chi connectivity index (χ1) is 16.8. The summed E-state index contributed by atoms with van der Waals surface area (Å²) in [6, 6.07) is 7.52. The number of likely N-dealkylation sites (tertiary alicyclic amines) is 1. The molecule has 0 atom stereocenters. The maximum Gasteiger partial charge on any atom is 0.420 e. The second-order valence-corrected chi connectivity index (χ2v) is 10.3. The monoisotopic (exact) mass is 517 g/mol. The van der Waals surface area contributed by atoms with Crippen LogP contribution in [0.1, 0.15) is 56.6 Å². The lowest BCUT2D eigenvalue weighted by atomic mass is 9.80. The van der Waals surface area contributed by atoms with Gasteiger partial charge in [0.2, 0.25) is 0 Å². The standard InChI is InChI=1S/C26H29F6NO3/c1-24(23(34)35)10-12-33(13-11-24)15-16-2-8-20-17(14-16)3-9-21(22(20)26(30,31)32)36-19-6-4-18(5-7-19)25(27,28)29/h2-3,8-9,14,18-19H,4-7,10-13,15H2,1H3,(H,34,35)/t18-,19+. The van der Waals surface area contributed by atoms with Crippen LogP contribution in [-0.4, -0.2) is 41.3 Å². The molecule has 0 bridgehead atoms. The van der Waals surface area contributed by atoms with Gasteiger partial charge in [0.15, 0.2) is 0 Å². The first-order valence-corrected chi connectivity index (χ1v) is 12.1. The second-order valence-electron chi connectivity index (χ2n) is 10.3. The number of carbonyl (C=O) groups is 1. The molecule has 4 rings (SSSR count). The van der Waals surface area contributed by atoms with Gasteiger partial charge in [-0.25, -0.2) is 0 Å². The van der Waals surface area contributed by atoms with Crippen LogP contribution >= 0.6 is 0 Å². The fourth-order valence-corrected chi connectivity index (χ4v) is 5.21. The summed E-state index contributed by atoms with van der Waals surface area (Å²) in [5.41, 5.74) is -0.863. The Hall–Kier alpha value is -2.49. The average molecular weight is 518 g/mol. The fraction of sp³-hybridized carbons (Fsp3) is 0.577. The molecule has 0 unspecified atom stereocenters. The van der Waals surface area contributed by atoms with Crippen LogP contribution in [0, 0.1) is 11.3 Å². The summed E-state index contributed by atoms with van der Waals surface area (Å²) in [6.45, 7) is 3.38. The number of carboxylic acids is 1. The second kappa shape index (κ2) is 9.76. The molecule has 1 aliphatic heterocycles. The summed E-state index contributed by atoms with van der Waals surface area (Å²) in [4.78, 5) is 13.5. The van der Waals surface area contributed by atoms with E-state index in [0.29, 0.717) is 37.9 Å². The quantitative estimate of drug-likeness (QED) is 0.432. The van der Waals surface area contributed by atoms with Crippen LogP contribution in [0.15, 0.2) is 30.3 Å². The molecule has 1 aliphatic carbocycles. The van der Waals surface area contributed by atoms with Crippen LogP contribution in [0.25, 0.3) is 10.8 Å². The van der Waals surface area contributed by atoms with Crippen molar-refractivity contribution in [2.45, 2.75) is 70.4 Å². The lowest BCUT2D eigenvalue weighted by Gasteiger charge is -2.36. The molecule has 1 heterocycles. The minimum atomic E-state index is -4.70. The van der Waals surface area contributed by atoms with E-state index in [1.54, 1.807) is 25.1 Å². The molecule has 2 fully saturated rings. The van der Waals surface area contributed by atoms with E-state index in [0.717, 1.165) is 5.56 Å². The molecule has 1 saturated carbocycles. The molecule has 10 heteroatoms. The van der Waals surface area contributed by atoms with Crippen molar-refractivity contribution in [3.8, 4) is 5.75 Å². The molecule has 198 valence electrons. The van der Waals surface area contributed by atoms with E-state index in [9.17, 15) is 36.2 Å². The minimum Gasteiger partial charge on any atom is -0.490 e. The predicted molar refractivity (Wildman–Crippen MR) is 122 cm³/mol. The number of carboxylic acid groups (broad SMARTS) is 1. The van der Waals surface area contributed by atoms with Crippen LogP contribution in [-0.2, 0) is 17.5 Å². The van der Waals surface area contributed by atoms with Gasteiger partial charge >= 0.3 is 18.3 Å². The number of hydrogen-bond acceptors (Lipinski definition) is 3. The molecular weight excluding hydrogens is 488 g/mol. The SMILES string of the molecule is CC1(C(=O)O)CCN(Cc2ccc3c(C(F)(F)F)c(O[C@H]4CC[C@@H](C(F)(F)F)CC4)ccc3c2)CC1. The number of ether oxygens (including phenoxy) is 1. The van der Waals surface area contributed by atoms with Gasteiger partial charge in [-0.2, -0.15) is 26.3 Å². The third kappa shape index (κ3) is 5.74. The molecule has 2 aromatic rings. The van der Waals surface area contributed by atoms with Crippen molar-refractivity contribution in [1.29, 1.82) is 0 Å². The highest BCUT2D eigenvalue weighted by molar-refractivity contribution is 5.89. The Balaban J connectivity index is 1.51. The van der Waals surface area contributed by atoms with Crippen molar-refractivity contribution >= 4 is 16.7 Å². The Labute approximate surface area is 205 Å². The van der Waals surface area contributed by atoms with Crippen LogP contribution in [0.4, 0.5) is 26.3 Å². The Bertz CT molecular complexity index is 1100. The number of hydrogen-bond donors (Lipinski definition) is 1. The average Bonchev–Trinajstić information content (AvgIpc) is 2.79. The van der Waals surface area contributed by atoms with Gasteiger partial charge in [-0.15, -0.1) is 0 Å². The molecule has 0 spiro atoms. The number of rotatable bonds is 5. The minimum absolute atomic E-state index is 0.0233. The van der Waals surface area contributed by atoms with Crippen LogP contribution < -0.4 is 4.74 Å². The lowest BCUT2D eigenvalue weighted by Crippen LogP contribution is -2.42. The van der Waals surface area contributed by atoms with Crippen molar-refractivity contribution in [2.24, 2.45) is 11.3 Å². The number of halogens is 6. The molecule has 0 aromatic heterocycles. The molecule has 4 nitrogen and oxygen atoms in total. The zero-order valence-electron chi connectivity index (χ0n) is 19.9. The number of nitrogens with zero attached hydrogens (tertiary/aromatic N) is 1. The van der Waals surface area contributed by atoms with Crippen molar-refractivity contribution in [1.82, 2.24) is 4.90 Å². The number of fused-ring (bicyclic) bond motifs is 1.